The number of nitrogens with zero attached hydrogens (tertiary/aromatic N) is 1. The number of thiazole rings is 1. The molecule has 4 heteroatoms. The van der Waals surface area contributed by atoms with Crippen LogP contribution in [0.1, 0.15) is 31.2 Å². The van der Waals surface area contributed by atoms with Crippen molar-refractivity contribution in [2.24, 2.45) is 0 Å². The summed E-state index contributed by atoms with van der Waals surface area (Å²) >= 11 is 1.61. The third-order valence-electron chi connectivity index (χ3n) is 2.61. The highest BCUT2D eigenvalue weighted by atomic mass is 32.1. The van der Waals surface area contributed by atoms with Crippen molar-refractivity contribution < 1.29 is 4.74 Å². The van der Waals surface area contributed by atoms with Gasteiger partial charge in [-0.15, -0.1) is 11.3 Å². The van der Waals surface area contributed by atoms with E-state index >= 15 is 0 Å². The summed E-state index contributed by atoms with van der Waals surface area (Å²) in [5, 5.41) is 3.46. The minimum Gasteiger partial charge on any atom is -0.488 e. The fraction of sp³-hybridized carbons (Fsp3) is 0.400. The van der Waals surface area contributed by atoms with Crippen LogP contribution in [0.15, 0.2) is 36.0 Å². The van der Waals surface area contributed by atoms with Crippen LogP contribution in [-0.2, 0) is 13.2 Å². The molecule has 102 valence electrons. The van der Waals surface area contributed by atoms with E-state index < -0.39 is 0 Å². The van der Waals surface area contributed by atoms with Crippen LogP contribution in [0, 0.1) is 0 Å². The van der Waals surface area contributed by atoms with Crippen molar-refractivity contribution in [3.05, 3.63) is 46.4 Å². The molecule has 0 amide bonds. The molecule has 3 nitrogen and oxygen atoms in total. The van der Waals surface area contributed by atoms with E-state index in [0.29, 0.717) is 6.61 Å². The lowest BCUT2D eigenvalue weighted by Crippen LogP contribution is -2.34. The maximum absolute atomic E-state index is 5.70. The molecular weight excluding hydrogens is 256 g/mol. The van der Waals surface area contributed by atoms with Crippen LogP contribution in [0.4, 0.5) is 0 Å². The standard InChI is InChI=1S/C15H20N2OS/c1-15(2,3)17-8-12-4-6-13(7-5-12)18-10-14-9-16-11-19-14/h4-7,9,11,17H,8,10H2,1-3H3. The molecule has 0 unspecified atom stereocenters. The zero-order chi connectivity index (χ0) is 13.7. The molecule has 1 N–H and O–H groups in total. The lowest BCUT2D eigenvalue weighted by Gasteiger charge is -2.20. The van der Waals surface area contributed by atoms with E-state index in [0.717, 1.165) is 17.2 Å². The molecule has 2 aromatic rings. The van der Waals surface area contributed by atoms with Crippen molar-refractivity contribution in [3.63, 3.8) is 0 Å². The Bertz CT molecular complexity index is 486. The molecule has 1 aromatic heterocycles. The second-order valence-electron chi connectivity index (χ2n) is 5.50. The number of rotatable bonds is 5. The van der Waals surface area contributed by atoms with Crippen molar-refractivity contribution >= 4 is 11.3 Å². The molecule has 2 rings (SSSR count). The average molecular weight is 276 g/mol. The summed E-state index contributed by atoms with van der Waals surface area (Å²) in [7, 11) is 0. The van der Waals surface area contributed by atoms with Crippen LogP contribution in [0.5, 0.6) is 5.75 Å². The van der Waals surface area contributed by atoms with Gasteiger partial charge in [-0.25, -0.2) is 0 Å². The first kappa shape index (κ1) is 14.0. The SMILES string of the molecule is CC(C)(C)NCc1ccc(OCc2cncs2)cc1. The molecule has 0 aliphatic heterocycles. The molecule has 0 saturated carbocycles. The molecule has 0 aliphatic carbocycles. The number of hydrogen-bond donors (Lipinski definition) is 1. The number of nitrogens with one attached hydrogen (secondary N) is 1. The molecule has 0 aliphatic rings. The van der Waals surface area contributed by atoms with Crippen molar-refractivity contribution in [2.75, 3.05) is 0 Å². The first-order chi connectivity index (χ1) is 9.03. The zero-order valence-corrected chi connectivity index (χ0v) is 12.5. The van der Waals surface area contributed by atoms with Gasteiger partial charge in [0.25, 0.3) is 0 Å². The Kier molecular flexibility index (Phi) is 4.56. The molecular formula is C15H20N2OS. The van der Waals surface area contributed by atoms with Gasteiger partial charge in [0, 0.05) is 18.3 Å². The van der Waals surface area contributed by atoms with E-state index in [1.807, 2.05) is 23.8 Å². The Morgan fingerprint density at radius 1 is 1.21 bits per heavy atom. The van der Waals surface area contributed by atoms with Crippen molar-refractivity contribution in [1.29, 1.82) is 0 Å². The van der Waals surface area contributed by atoms with Gasteiger partial charge < -0.3 is 10.1 Å². The summed E-state index contributed by atoms with van der Waals surface area (Å²) in [4.78, 5) is 5.16. The summed E-state index contributed by atoms with van der Waals surface area (Å²) in [6, 6.07) is 8.23. The van der Waals surface area contributed by atoms with Gasteiger partial charge in [-0.1, -0.05) is 12.1 Å². The highest BCUT2D eigenvalue weighted by molar-refractivity contribution is 7.09. The minimum atomic E-state index is 0.140. The van der Waals surface area contributed by atoms with Gasteiger partial charge in [0.15, 0.2) is 0 Å². The first-order valence-corrected chi connectivity index (χ1v) is 7.25. The van der Waals surface area contributed by atoms with Crippen LogP contribution in [0.2, 0.25) is 0 Å². The van der Waals surface area contributed by atoms with E-state index in [2.05, 4.69) is 43.2 Å². The van der Waals surface area contributed by atoms with Gasteiger partial charge in [0.1, 0.15) is 12.4 Å². The molecule has 1 aromatic carbocycles. The lowest BCUT2D eigenvalue weighted by molar-refractivity contribution is 0.309. The Balaban J connectivity index is 1.84. The van der Waals surface area contributed by atoms with Crippen molar-refractivity contribution in [1.82, 2.24) is 10.3 Å². The van der Waals surface area contributed by atoms with Crippen LogP contribution in [0.3, 0.4) is 0 Å². The van der Waals surface area contributed by atoms with Crippen LogP contribution >= 0.6 is 11.3 Å². The van der Waals surface area contributed by atoms with E-state index in [9.17, 15) is 0 Å². The summed E-state index contributed by atoms with van der Waals surface area (Å²) < 4.78 is 5.70. The van der Waals surface area contributed by atoms with Crippen LogP contribution < -0.4 is 10.1 Å². The Labute approximate surface area is 118 Å². The maximum Gasteiger partial charge on any atom is 0.124 e. The monoisotopic (exact) mass is 276 g/mol. The van der Waals surface area contributed by atoms with Crippen molar-refractivity contribution in [2.45, 2.75) is 39.5 Å². The van der Waals surface area contributed by atoms with Gasteiger partial charge in [-0.05, 0) is 38.5 Å². The second kappa shape index (κ2) is 6.17. The largest absolute Gasteiger partial charge is 0.488 e. The molecule has 0 fully saturated rings. The highest BCUT2D eigenvalue weighted by Crippen LogP contribution is 2.16. The average Bonchev–Trinajstić information content (AvgIpc) is 2.87. The number of ether oxygens (including phenoxy) is 1. The Morgan fingerprint density at radius 3 is 2.53 bits per heavy atom. The summed E-state index contributed by atoms with van der Waals surface area (Å²) in [6.45, 7) is 7.96. The van der Waals surface area contributed by atoms with E-state index in [4.69, 9.17) is 4.74 Å². The first-order valence-electron chi connectivity index (χ1n) is 6.37. The molecule has 0 saturated heterocycles. The van der Waals surface area contributed by atoms with E-state index in [1.165, 1.54) is 5.56 Å². The van der Waals surface area contributed by atoms with Gasteiger partial charge >= 0.3 is 0 Å². The third-order valence-corrected chi connectivity index (χ3v) is 3.36. The van der Waals surface area contributed by atoms with Gasteiger partial charge in [0.05, 0.1) is 10.4 Å². The fourth-order valence-corrected chi connectivity index (χ4v) is 2.04. The molecule has 0 spiro atoms. The summed E-state index contributed by atoms with van der Waals surface area (Å²) in [5.74, 6) is 0.896. The van der Waals surface area contributed by atoms with E-state index in [1.54, 1.807) is 11.3 Å². The molecule has 0 bridgehead atoms. The van der Waals surface area contributed by atoms with Gasteiger partial charge in [-0.2, -0.15) is 0 Å². The maximum atomic E-state index is 5.70. The summed E-state index contributed by atoms with van der Waals surface area (Å²) in [5.41, 5.74) is 3.22. The van der Waals surface area contributed by atoms with Gasteiger partial charge in [0.2, 0.25) is 0 Å². The quantitative estimate of drug-likeness (QED) is 0.906. The molecule has 0 radical (unpaired) electrons. The minimum absolute atomic E-state index is 0.140. The Hall–Kier alpha value is -1.39. The Morgan fingerprint density at radius 2 is 1.95 bits per heavy atom. The smallest absolute Gasteiger partial charge is 0.124 e. The number of hydrogen-bond acceptors (Lipinski definition) is 4. The van der Waals surface area contributed by atoms with Crippen LogP contribution in [0.25, 0.3) is 0 Å². The normalized spacial score (nSPS) is 11.5. The van der Waals surface area contributed by atoms with E-state index in [-0.39, 0.29) is 5.54 Å². The predicted octanol–water partition coefficient (Wildman–Crippen LogP) is 3.61. The number of benzene rings is 1. The van der Waals surface area contributed by atoms with Crippen molar-refractivity contribution in [3.8, 4) is 5.75 Å². The second-order valence-corrected chi connectivity index (χ2v) is 6.47. The highest BCUT2D eigenvalue weighted by Gasteiger charge is 2.08. The molecule has 0 atom stereocenters. The predicted molar refractivity (Wildman–Crippen MR) is 79.5 cm³/mol. The summed E-state index contributed by atoms with van der Waals surface area (Å²) in [6.07, 6.45) is 1.84. The topological polar surface area (TPSA) is 34.1 Å². The molecule has 19 heavy (non-hydrogen) atoms. The molecule has 1 heterocycles. The fourth-order valence-electron chi connectivity index (χ4n) is 1.54. The third kappa shape index (κ3) is 5.01. The van der Waals surface area contributed by atoms with Crippen LogP contribution in [-0.4, -0.2) is 10.5 Å². The zero-order valence-electron chi connectivity index (χ0n) is 11.6. The van der Waals surface area contributed by atoms with Gasteiger partial charge in [-0.3, -0.25) is 4.98 Å². The number of aromatic nitrogens is 1. The lowest BCUT2D eigenvalue weighted by atomic mass is 10.1.